The van der Waals surface area contributed by atoms with Crippen molar-refractivity contribution in [3.8, 4) is 0 Å². The van der Waals surface area contributed by atoms with E-state index in [0.29, 0.717) is 21.4 Å². The molecule has 8 heteroatoms. The fourth-order valence-electron chi connectivity index (χ4n) is 2.79. The van der Waals surface area contributed by atoms with Crippen LogP contribution >= 0.6 is 35.0 Å². The smallest absolute Gasteiger partial charge is 0.242 e. The monoisotopic (exact) mass is 470 g/mol. The quantitative estimate of drug-likeness (QED) is 0.540. The minimum absolute atomic E-state index is 0.00555. The van der Waals surface area contributed by atoms with Gasteiger partial charge in [-0.25, -0.2) is 4.39 Å². The van der Waals surface area contributed by atoms with E-state index in [2.05, 4.69) is 5.32 Å². The van der Waals surface area contributed by atoms with Gasteiger partial charge >= 0.3 is 0 Å². The van der Waals surface area contributed by atoms with Crippen LogP contribution in [-0.2, 0) is 21.9 Å². The Labute approximate surface area is 191 Å². The average Bonchev–Trinajstić information content (AvgIpc) is 2.68. The van der Waals surface area contributed by atoms with Crippen LogP contribution in [0.1, 0.15) is 31.9 Å². The number of halogens is 3. The van der Waals surface area contributed by atoms with Gasteiger partial charge in [0.05, 0.1) is 5.75 Å². The minimum atomic E-state index is -0.746. The number of rotatable bonds is 9. The first kappa shape index (κ1) is 24.5. The molecule has 0 radical (unpaired) electrons. The van der Waals surface area contributed by atoms with Crippen molar-refractivity contribution in [2.45, 2.75) is 45.2 Å². The maximum Gasteiger partial charge on any atom is 0.242 e. The molecule has 162 valence electrons. The van der Waals surface area contributed by atoms with Crippen LogP contribution in [0.2, 0.25) is 10.0 Å². The maximum absolute atomic E-state index is 14.2. The van der Waals surface area contributed by atoms with Gasteiger partial charge in [0.15, 0.2) is 0 Å². The number of hydrogen-bond acceptors (Lipinski definition) is 3. The van der Waals surface area contributed by atoms with E-state index in [9.17, 15) is 14.0 Å². The van der Waals surface area contributed by atoms with Crippen LogP contribution in [0.15, 0.2) is 42.5 Å². The molecule has 2 rings (SSSR count). The molecule has 0 aliphatic rings. The summed E-state index contributed by atoms with van der Waals surface area (Å²) in [6.45, 7) is 5.34. The average molecular weight is 471 g/mol. The summed E-state index contributed by atoms with van der Waals surface area (Å²) in [5.41, 5.74) is 1.11. The van der Waals surface area contributed by atoms with Gasteiger partial charge < -0.3 is 10.2 Å². The Morgan fingerprint density at radius 1 is 1.07 bits per heavy atom. The van der Waals surface area contributed by atoms with Gasteiger partial charge in [-0.1, -0.05) is 47.5 Å². The van der Waals surface area contributed by atoms with Gasteiger partial charge in [-0.05, 0) is 44.5 Å². The van der Waals surface area contributed by atoms with Crippen molar-refractivity contribution in [3.05, 3.63) is 69.5 Å². The fraction of sp³-hybridized carbons (Fsp3) is 0.364. The number of carbonyl (C=O) groups excluding carboxylic acids is 2. The molecule has 0 spiro atoms. The van der Waals surface area contributed by atoms with Gasteiger partial charge in [-0.15, -0.1) is 11.8 Å². The van der Waals surface area contributed by atoms with Crippen LogP contribution in [0.25, 0.3) is 0 Å². The highest BCUT2D eigenvalue weighted by molar-refractivity contribution is 7.99. The second-order valence-electron chi connectivity index (χ2n) is 7.15. The second kappa shape index (κ2) is 11.6. The van der Waals surface area contributed by atoms with Gasteiger partial charge in [0.2, 0.25) is 11.8 Å². The van der Waals surface area contributed by atoms with Gasteiger partial charge in [0.1, 0.15) is 11.9 Å². The Hall–Kier alpha value is -1.76. The standard InChI is InChI=1S/C22H25Cl2FN2O2S/c1-14(2)26-22(29)15(3)27(11-16-7-4-5-10-20(16)25)21(28)13-30-12-17-18(23)8-6-9-19(17)24/h4-10,14-15H,11-13H2,1-3H3,(H,26,29). The lowest BCUT2D eigenvalue weighted by Crippen LogP contribution is -2.49. The Morgan fingerprint density at radius 2 is 1.70 bits per heavy atom. The largest absolute Gasteiger partial charge is 0.352 e. The van der Waals surface area contributed by atoms with Crippen LogP contribution in [0.3, 0.4) is 0 Å². The molecule has 0 bridgehead atoms. The lowest BCUT2D eigenvalue weighted by atomic mass is 10.1. The van der Waals surface area contributed by atoms with E-state index in [4.69, 9.17) is 23.2 Å². The van der Waals surface area contributed by atoms with E-state index in [1.807, 2.05) is 13.8 Å². The highest BCUT2D eigenvalue weighted by Crippen LogP contribution is 2.28. The maximum atomic E-state index is 14.2. The van der Waals surface area contributed by atoms with E-state index in [1.54, 1.807) is 43.3 Å². The molecule has 1 atom stereocenters. The van der Waals surface area contributed by atoms with Crippen LogP contribution in [0.4, 0.5) is 4.39 Å². The van der Waals surface area contributed by atoms with Gasteiger partial charge in [-0.3, -0.25) is 9.59 Å². The van der Waals surface area contributed by atoms with E-state index < -0.39 is 11.9 Å². The zero-order valence-electron chi connectivity index (χ0n) is 17.1. The van der Waals surface area contributed by atoms with Crippen molar-refractivity contribution in [2.24, 2.45) is 0 Å². The van der Waals surface area contributed by atoms with Crippen LogP contribution < -0.4 is 5.32 Å². The summed E-state index contributed by atoms with van der Waals surface area (Å²) >= 11 is 13.7. The predicted molar refractivity (Wildman–Crippen MR) is 122 cm³/mol. The number of benzene rings is 2. The van der Waals surface area contributed by atoms with E-state index in [1.165, 1.54) is 22.7 Å². The third kappa shape index (κ3) is 6.89. The number of hydrogen-bond donors (Lipinski definition) is 1. The van der Waals surface area contributed by atoms with E-state index in [0.717, 1.165) is 5.56 Å². The van der Waals surface area contributed by atoms with Crippen molar-refractivity contribution in [3.63, 3.8) is 0 Å². The summed E-state index contributed by atoms with van der Waals surface area (Å²) in [6, 6.07) is 10.7. The summed E-state index contributed by atoms with van der Waals surface area (Å²) in [4.78, 5) is 26.9. The molecule has 1 N–H and O–H groups in total. The molecule has 0 aliphatic carbocycles. The van der Waals surface area contributed by atoms with Gasteiger partial charge in [-0.2, -0.15) is 0 Å². The Kier molecular flexibility index (Phi) is 9.46. The van der Waals surface area contributed by atoms with Crippen molar-refractivity contribution >= 4 is 46.8 Å². The molecule has 0 fully saturated rings. The van der Waals surface area contributed by atoms with E-state index in [-0.39, 0.29) is 30.2 Å². The fourth-order valence-corrected chi connectivity index (χ4v) is 4.44. The molecular formula is C22H25Cl2FN2O2S. The van der Waals surface area contributed by atoms with Crippen molar-refractivity contribution in [2.75, 3.05) is 5.75 Å². The molecule has 30 heavy (non-hydrogen) atoms. The van der Waals surface area contributed by atoms with Crippen LogP contribution in [0, 0.1) is 5.82 Å². The Bertz CT molecular complexity index is 875. The number of nitrogens with one attached hydrogen (secondary N) is 1. The van der Waals surface area contributed by atoms with E-state index >= 15 is 0 Å². The first-order valence-electron chi connectivity index (χ1n) is 9.54. The molecule has 1 unspecified atom stereocenters. The Balaban J connectivity index is 2.13. The lowest BCUT2D eigenvalue weighted by molar-refractivity contribution is -0.138. The van der Waals surface area contributed by atoms with Crippen molar-refractivity contribution < 1.29 is 14.0 Å². The van der Waals surface area contributed by atoms with Crippen molar-refractivity contribution in [1.29, 1.82) is 0 Å². The third-order valence-corrected chi connectivity index (χ3v) is 6.08. The summed E-state index contributed by atoms with van der Waals surface area (Å²) in [5.74, 6) is -0.409. The minimum Gasteiger partial charge on any atom is -0.352 e. The van der Waals surface area contributed by atoms with Crippen LogP contribution in [-0.4, -0.2) is 34.6 Å². The van der Waals surface area contributed by atoms with Gasteiger partial charge in [0.25, 0.3) is 0 Å². The molecule has 4 nitrogen and oxygen atoms in total. The summed E-state index contributed by atoms with van der Waals surface area (Å²) in [7, 11) is 0. The molecule has 2 aromatic rings. The zero-order chi connectivity index (χ0) is 22.3. The highest BCUT2D eigenvalue weighted by Gasteiger charge is 2.27. The summed E-state index contributed by atoms with van der Waals surface area (Å²) in [6.07, 6.45) is 0. The molecule has 0 saturated carbocycles. The zero-order valence-corrected chi connectivity index (χ0v) is 19.5. The third-order valence-electron chi connectivity index (χ3n) is 4.43. The molecule has 2 aromatic carbocycles. The SMILES string of the molecule is CC(C)NC(=O)C(C)N(Cc1ccccc1F)C(=O)CSCc1c(Cl)cccc1Cl. The first-order chi connectivity index (χ1) is 14.2. The number of carbonyl (C=O) groups is 2. The predicted octanol–water partition coefficient (Wildman–Crippen LogP) is 5.31. The molecular weight excluding hydrogens is 446 g/mol. The molecule has 0 aliphatic heterocycles. The van der Waals surface area contributed by atoms with Crippen LogP contribution in [0.5, 0.6) is 0 Å². The molecule has 2 amide bonds. The van der Waals surface area contributed by atoms with Gasteiger partial charge in [0, 0.05) is 33.9 Å². The first-order valence-corrected chi connectivity index (χ1v) is 11.5. The number of nitrogens with zero attached hydrogens (tertiary/aromatic N) is 1. The second-order valence-corrected chi connectivity index (χ2v) is 8.95. The lowest BCUT2D eigenvalue weighted by Gasteiger charge is -2.29. The molecule has 0 aromatic heterocycles. The van der Waals surface area contributed by atoms with Crippen molar-refractivity contribution in [1.82, 2.24) is 10.2 Å². The summed E-state index contributed by atoms with van der Waals surface area (Å²) < 4.78 is 14.2. The summed E-state index contributed by atoms with van der Waals surface area (Å²) in [5, 5.41) is 3.88. The molecule has 0 heterocycles. The Morgan fingerprint density at radius 3 is 2.30 bits per heavy atom. The topological polar surface area (TPSA) is 49.4 Å². The molecule has 0 saturated heterocycles. The number of amides is 2. The number of thioether (sulfide) groups is 1. The highest BCUT2D eigenvalue weighted by atomic mass is 35.5. The normalized spacial score (nSPS) is 12.0.